The molecule has 1 saturated heterocycles. The van der Waals surface area contributed by atoms with Gasteiger partial charge in [-0.2, -0.15) is 0 Å². The minimum Gasteiger partial charge on any atom is -0.367 e. The SMILES string of the molecule is NC(=O)C(N1CCNCC1)n1cccc1. The third-order valence-corrected chi connectivity index (χ3v) is 2.66. The highest BCUT2D eigenvalue weighted by molar-refractivity contribution is 5.78. The molecule has 0 aromatic carbocycles. The smallest absolute Gasteiger partial charge is 0.255 e. The number of hydrogen-bond donors (Lipinski definition) is 2. The summed E-state index contributed by atoms with van der Waals surface area (Å²) in [5.41, 5.74) is 5.44. The van der Waals surface area contributed by atoms with Gasteiger partial charge < -0.3 is 15.6 Å². The molecule has 2 heterocycles. The first kappa shape index (κ1) is 10.2. The molecule has 5 heteroatoms. The number of nitrogens with one attached hydrogen (secondary N) is 1. The molecule has 5 nitrogen and oxygen atoms in total. The van der Waals surface area contributed by atoms with E-state index >= 15 is 0 Å². The molecule has 82 valence electrons. The Morgan fingerprint density at radius 1 is 1.27 bits per heavy atom. The van der Waals surface area contributed by atoms with Gasteiger partial charge in [0.15, 0.2) is 6.17 Å². The number of rotatable bonds is 3. The topological polar surface area (TPSA) is 63.3 Å². The monoisotopic (exact) mass is 208 g/mol. The van der Waals surface area contributed by atoms with Gasteiger partial charge in [-0.3, -0.25) is 9.69 Å². The number of nitrogens with two attached hydrogens (primary N) is 1. The van der Waals surface area contributed by atoms with E-state index < -0.39 is 0 Å². The number of primary amides is 1. The summed E-state index contributed by atoms with van der Waals surface area (Å²) in [4.78, 5) is 13.5. The first-order valence-corrected chi connectivity index (χ1v) is 5.15. The molecule has 1 fully saturated rings. The molecule has 0 aliphatic carbocycles. The van der Waals surface area contributed by atoms with Crippen molar-refractivity contribution in [1.82, 2.24) is 14.8 Å². The van der Waals surface area contributed by atoms with Crippen LogP contribution in [0.1, 0.15) is 6.17 Å². The molecule has 1 atom stereocenters. The number of nitrogens with zero attached hydrogens (tertiary/aromatic N) is 2. The van der Waals surface area contributed by atoms with Crippen molar-refractivity contribution in [3.05, 3.63) is 24.5 Å². The van der Waals surface area contributed by atoms with Gasteiger partial charge >= 0.3 is 0 Å². The molecule has 1 unspecified atom stereocenters. The van der Waals surface area contributed by atoms with Gasteiger partial charge in [-0.15, -0.1) is 0 Å². The predicted molar refractivity (Wildman–Crippen MR) is 57.1 cm³/mol. The maximum Gasteiger partial charge on any atom is 0.255 e. The fourth-order valence-corrected chi connectivity index (χ4v) is 1.95. The molecule has 1 amide bonds. The van der Waals surface area contributed by atoms with Gasteiger partial charge in [0, 0.05) is 38.6 Å². The van der Waals surface area contributed by atoms with Gasteiger partial charge in [0.2, 0.25) is 0 Å². The average Bonchev–Trinajstić information content (AvgIpc) is 2.72. The number of carbonyl (C=O) groups excluding carboxylic acids is 1. The van der Waals surface area contributed by atoms with E-state index in [1.807, 2.05) is 29.1 Å². The van der Waals surface area contributed by atoms with Crippen molar-refractivity contribution < 1.29 is 4.79 Å². The van der Waals surface area contributed by atoms with E-state index in [0.29, 0.717) is 0 Å². The summed E-state index contributed by atoms with van der Waals surface area (Å²) < 4.78 is 1.85. The van der Waals surface area contributed by atoms with Crippen molar-refractivity contribution in [3.63, 3.8) is 0 Å². The Kier molecular flexibility index (Phi) is 3.03. The highest BCUT2D eigenvalue weighted by Gasteiger charge is 2.25. The molecule has 1 aliphatic rings. The Morgan fingerprint density at radius 3 is 2.40 bits per heavy atom. The standard InChI is InChI=1S/C10H16N4O/c11-9(15)10(13-5-1-2-6-13)14-7-3-12-4-8-14/h1-2,5-6,10,12H,3-4,7-8H2,(H2,11,15). The van der Waals surface area contributed by atoms with Crippen LogP contribution in [-0.4, -0.2) is 41.6 Å². The van der Waals surface area contributed by atoms with Gasteiger partial charge in [0.05, 0.1) is 0 Å². The quantitative estimate of drug-likeness (QED) is 0.695. The number of hydrogen-bond acceptors (Lipinski definition) is 3. The van der Waals surface area contributed by atoms with Crippen molar-refractivity contribution in [2.75, 3.05) is 26.2 Å². The summed E-state index contributed by atoms with van der Waals surface area (Å²) in [6.45, 7) is 3.52. The van der Waals surface area contributed by atoms with E-state index in [1.165, 1.54) is 0 Å². The fraction of sp³-hybridized carbons (Fsp3) is 0.500. The van der Waals surface area contributed by atoms with Crippen molar-refractivity contribution in [1.29, 1.82) is 0 Å². The molecule has 3 N–H and O–H groups in total. The van der Waals surface area contributed by atoms with E-state index in [2.05, 4.69) is 10.2 Å². The maximum atomic E-state index is 11.4. The van der Waals surface area contributed by atoms with Crippen LogP contribution >= 0.6 is 0 Å². The number of amides is 1. The van der Waals surface area contributed by atoms with E-state index in [9.17, 15) is 4.79 Å². The number of carbonyl (C=O) groups is 1. The molecule has 0 spiro atoms. The van der Waals surface area contributed by atoms with Crippen LogP contribution in [0.5, 0.6) is 0 Å². The van der Waals surface area contributed by atoms with Crippen LogP contribution in [0.2, 0.25) is 0 Å². The van der Waals surface area contributed by atoms with Crippen LogP contribution in [0.25, 0.3) is 0 Å². The largest absolute Gasteiger partial charge is 0.367 e. The number of aromatic nitrogens is 1. The van der Waals surface area contributed by atoms with Gasteiger partial charge in [-0.25, -0.2) is 0 Å². The molecule has 0 bridgehead atoms. The second kappa shape index (κ2) is 4.46. The lowest BCUT2D eigenvalue weighted by molar-refractivity contribution is -0.126. The predicted octanol–water partition coefficient (Wildman–Crippen LogP) is -0.623. The third-order valence-electron chi connectivity index (χ3n) is 2.66. The Labute approximate surface area is 88.8 Å². The van der Waals surface area contributed by atoms with Crippen molar-refractivity contribution in [2.45, 2.75) is 6.17 Å². The van der Waals surface area contributed by atoms with Gasteiger partial charge in [-0.1, -0.05) is 0 Å². The van der Waals surface area contributed by atoms with Gasteiger partial charge in [0.1, 0.15) is 0 Å². The van der Waals surface area contributed by atoms with Crippen LogP contribution in [-0.2, 0) is 4.79 Å². The normalized spacial score (nSPS) is 20.0. The zero-order valence-electron chi connectivity index (χ0n) is 8.60. The van der Waals surface area contributed by atoms with Crippen LogP contribution in [0.4, 0.5) is 0 Å². The van der Waals surface area contributed by atoms with Crippen molar-refractivity contribution in [3.8, 4) is 0 Å². The summed E-state index contributed by atoms with van der Waals surface area (Å²) in [5, 5.41) is 3.25. The lowest BCUT2D eigenvalue weighted by atomic mass is 10.3. The van der Waals surface area contributed by atoms with Crippen LogP contribution in [0, 0.1) is 0 Å². The fourth-order valence-electron chi connectivity index (χ4n) is 1.95. The Morgan fingerprint density at radius 2 is 1.87 bits per heavy atom. The Hall–Kier alpha value is -1.33. The zero-order valence-corrected chi connectivity index (χ0v) is 8.60. The molecule has 1 aromatic rings. The number of piperazine rings is 1. The minimum atomic E-state index is -0.345. The van der Waals surface area contributed by atoms with Crippen LogP contribution < -0.4 is 11.1 Å². The lowest BCUT2D eigenvalue weighted by Crippen LogP contribution is -2.50. The average molecular weight is 208 g/mol. The van der Waals surface area contributed by atoms with E-state index in [4.69, 9.17) is 5.73 Å². The van der Waals surface area contributed by atoms with Crippen LogP contribution in [0.15, 0.2) is 24.5 Å². The molecule has 0 saturated carbocycles. The summed E-state index contributed by atoms with van der Waals surface area (Å²) in [5.74, 6) is -0.298. The minimum absolute atomic E-state index is 0.298. The highest BCUT2D eigenvalue weighted by Crippen LogP contribution is 2.13. The molecular weight excluding hydrogens is 192 g/mol. The molecule has 1 aliphatic heterocycles. The third kappa shape index (κ3) is 2.19. The molecule has 1 aromatic heterocycles. The van der Waals surface area contributed by atoms with Crippen molar-refractivity contribution >= 4 is 5.91 Å². The molecule has 15 heavy (non-hydrogen) atoms. The first-order valence-electron chi connectivity index (χ1n) is 5.15. The van der Waals surface area contributed by atoms with Crippen LogP contribution in [0.3, 0.4) is 0 Å². The maximum absolute atomic E-state index is 11.4. The summed E-state index contributed by atoms with van der Waals surface area (Å²) in [7, 11) is 0. The van der Waals surface area contributed by atoms with E-state index in [-0.39, 0.29) is 12.1 Å². The van der Waals surface area contributed by atoms with Gasteiger partial charge in [-0.05, 0) is 12.1 Å². The van der Waals surface area contributed by atoms with E-state index in [0.717, 1.165) is 26.2 Å². The summed E-state index contributed by atoms with van der Waals surface area (Å²) in [6, 6.07) is 3.80. The highest BCUT2D eigenvalue weighted by atomic mass is 16.1. The van der Waals surface area contributed by atoms with Crippen molar-refractivity contribution in [2.24, 2.45) is 5.73 Å². The van der Waals surface area contributed by atoms with Gasteiger partial charge in [0.25, 0.3) is 5.91 Å². The second-order valence-electron chi connectivity index (χ2n) is 3.69. The summed E-state index contributed by atoms with van der Waals surface area (Å²) in [6.07, 6.45) is 3.40. The molecular formula is C10H16N4O. The Balaban J connectivity index is 2.15. The summed E-state index contributed by atoms with van der Waals surface area (Å²) >= 11 is 0. The zero-order chi connectivity index (χ0) is 10.7. The lowest BCUT2D eigenvalue weighted by Gasteiger charge is -2.33. The van der Waals surface area contributed by atoms with E-state index in [1.54, 1.807) is 0 Å². The Bertz CT molecular complexity index is 316. The molecule has 2 rings (SSSR count). The molecule has 0 radical (unpaired) electrons. The first-order chi connectivity index (χ1) is 7.29. The second-order valence-corrected chi connectivity index (χ2v) is 3.69.